The van der Waals surface area contributed by atoms with Crippen molar-refractivity contribution in [3.05, 3.63) is 37.5 Å². The van der Waals surface area contributed by atoms with Crippen molar-refractivity contribution in [2.45, 2.75) is 39.5 Å². The van der Waals surface area contributed by atoms with E-state index in [1.807, 2.05) is 18.2 Å². The van der Waals surface area contributed by atoms with Gasteiger partial charge in [-0.15, -0.1) is 6.58 Å². The van der Waals surface area contributed by atoms with E-state index in [1.165, 1.54) is 0 Å². The summed E-state index contributed by atoms with van der Waals surface area (Å²) in [5.41, 5.74) is -1.19. The minimum atomic E-state index is -1.19. The number of hydrogen-bond acceptors (Lipinski definition) is 4. The smallest absolute Gasteiger partial charge is 0.323 e. The molecule has 1 rings (SSSR count). The minimum Gasteiger partial charge on any atom is -0.465 e. The third-order valence-electron chi connectivity index (χ3n) is 4.43. The van der Waals surface area contributed by atoms with Crippen molar-refractivity contribution in [3.8, 4) is 0 Å². The molecule has 0 heterocycles. The second kappa shape index (κ2) is 9.33. The second-order valence-corrected chi connectivity index (χ2v) is 5.83. The molecule has 0 aliphatic heterocycles. The van der Waals surface area contributed by atoms with Gasteiger partial charge in [0.25, 0.3) is 0 Å². The van der Waals surface area contributed by atoms with Crippen LogP contribution >= 0.6 is 0 Å². The van der Waals surface area contributed by atoms with Gasteiger partial charge in [0.1, 0.15) is 0 Å². The predicted octanol–water partition coefficient (Wildman–Crippen LogP) is 3.83. The van der Waals surface area contributed by atoms with Gasteiger partial charge in [-0.2, -0.15) is 0 Å². The Kier molecular flexibility index (Phi) is 7.79. The number of ether oxygens (including phenoxy) is 2. The molecule has 4 nitrogen and oxygen atoms in total. The lowest BCUT2D eigenvalue weighted by molar-refractivity contribution is -0.176. The Morgan fingerprint density at radius 2 is 1.78 bits per heavy atom. The molecule has 1 saturated carbocycles. The van der Waals surface area contributed by atoms with Gasteiger partial charge in [0.05, 0.1) is 13.2 Å². The Morgan fingerprint density at radius 3 is 2.26 bits per heavy atom. The maximum absolute atomic E-state index is 12.5. The Balaban J connectivity index is 3.12. The summed E-state index contributed by atoms with van der Waals surface area (Å²) in [4.78, 5) is 25.1. The molecule has 1 aliphatic carbocycles. The van der Waals surface area contributed by atoms with Crippen molar-refractivity contribution >= 4 is 11.9 Å². The van der Waals surface area contributed by atoms with Gasteiger partial charge in [-0.3, -0.25) is 9.59 Å². The first kappa shape index (κ1) is 19.2. The average Bonchev–Trinajstić information content (AvgIpc) is 2.54. The van der Waals surface area contributed by atoms with Gasteiger partial charge in [-0.1, -0.05) is 30.9 Å². The lowest BCUT2D eigenvalue weighted by atomic mass is 9.64. The molecule has 2 atom stereocenters. The number of allylic oxidation sites excluding steroid dienone is 4. The molecule has 0 unspecified atom stereocenters. The molecule has 1 aliphatic rings. The Labute approximate surface area is 139 Å². The van der Waals surface area contributed by atoms with E-state index in [0.29, 0.717) is 18.8 Å². The highest BCUT2D eigenvalue weighted by Crippen LogP contribution is 2.46. The van der Waals surface area contributed by atoms with E-state index < -0.39 is 17.4 Å². The van der Waals surface area contributed by atoms with Crippen LogP contribution < -0.4 is 0 Å². The molecular weight excluding hydrogens is 292 g/mol. The van der Waals surface area contributed by atoms with Crippen LogP contribution in [0, 0.1) is 17.3 Å². The number of hydrogen-bond donors (Lipinski definition) is 0. The van der Waals surface area contributed by atoms with Crippen LogP contribution in [-0.4, -0.2) is 25.2 Å². The summed E-state index contributed by atoms with van der Waals surface area (Å²) in [5.74, 6) is -0.478. The summed E-state index contributed by atoms with van der Waals surface area (Å²) in [7, 11) is 0. The van der Waals surface area contributed by atoms with Gasteiger partial charge in [0.2, 0.25) is 0 Å². The second-order valence-electron chi connectivity index (χ2n) is 5.83. The lowest BCUT2D eigenvalue weighted by Gasteiger charge is -2.40. The first-order chi connectivity index (χ1) is 11.1. The van der Waals surface area contributed by atoms with Crippen LogP contribution in [0.25, 0.3) is 0 Å². The normalized spacial score (nSPS) is 23.2. The fraction of sp³-hybridized carbons (Fsp3) is 0.579. The largest absolute Gasteiger partial charge is 0.465 e. The van der Waals surface area contributed by atoms with Gasteiger partial charge in [0.15, 0.2) is 5.41 Å². The van der Waals surface area contributed by atoms with E-state index in [0.717, 1.165) is 12.8 Å². The predicted molar refractivity (Wildman–Crippen MR) is 90.7 cm³/mol. The lowest BCUT2D eigenvalue weighted by Crippen LogP contribution is -2.47. The van der Waals surface area contributed by atoms with Crippen molar-refractivity contribution in [3.63, 3.8) is 0 Å². The molecule has 4 heteroatoms. The summed E-state index contributed by atoms with van der Waals surface area (Å²) in [6, 6.07) is 0. The third-order valence-corrected chi connectivity index (χ3v) is 4.43. The van der Waals surface area contributed by atoms with Gasteiger partial charge in [-0.25, -0.2) is 0 Å². The number of carbonyl (C=O) groups excluding carboxylic acids is 2. The zero-order valence-corrected chi connectivity index (χ0v) is 14.3. The number of esters is 2. The highest BCUT2D eigenvalue weighted by molar-refractivity contribution is 6.00. The maximum atomic E-state index is 12.5. The van der Waals surface area contributed by atoms with Gasteiger partial charge >= 0.3 is 11.9 Å². The molecule has 0 aromatic heterocycles. The first-order valence-electron chi connectivity index (χ1n) is 8.30. The van der Waals surface area contributed by atoms with E-state index in [4.69, 9.17) is 9.47 Å². The molecule has 0 bridgehead atoms. The average molecular weight is 320 g/mol. The van der Waals surface area contributed by atoms with E-state index in [-0.39, 0.29) is 19.1 Å². The van der Waals surface area contributed by atoms with Crippen molar-refractivity contribution in [2.24, 2.45) is 17.3 Å². The SMILES string of the molecule is C=C/C=C/[C@@H]1CC(C(=O)OCC)(C(=O)OCC)CC[C@H]1CC=C. The topological polar surface area (TPSA) is 52.6 Å². The van der Waals surface area contributed by atoms with Crippen LogP contribution in [-0.2, 0) is 19.1 Å². The summed E-state index contributed by atoms with van der Waals surface area (Å²) >= 11 is 0. The molecule has 0 N–H and O–H groups in total. The zero-order chi connectivity index (χ0) is 17.3. The monoisotopic (exact) mass is 320 g/mol. The van der Waals surface area contributed by atoms with Crippen molar-refractivity contribution in [1.82, 2.24) is 0 Å². The first-order valence-corrected chi connectivity index (χ1v) is 8.30. The van der Waals surface area contributed by atoms with Gasteiger partial charge in [-0.05, 0) is 51.4 Å². The van der Waals surface area contributed by atoms with E-state index >= 15 is 0 Å². The summed E-state index contributed by atoms with van der Waals surface area (Å²) in [6.45, 7) is 11.5. The highest BCUT2D eigenvalue weighted by Gasteiger charge is 2.53. The van der Waals surface area contributed by atoms with Gasteiger partial charge in [0, 0.05) is 0 Å². The van der Waals surface area contributed by atoms with Crippen molar-refractivity contribution in [1.29, 1.82) is 0 Å². The summed E-state index contributed by atoms with van der Waals surface area (Å²) < 4.78 is 10.4. The maximum Gasteiger partial charge on any atom is 0.323 e. The molecule has 23 heavy (non-hydrogen) atoms. The fourth-order valence-corrected chi connectivity index (χ4v) is 3.26. The minimum absolute atomic E-state index is 0.0913. The van der Waals surface area contributed by atoms with Crippen molar-refractivity contribution < 1.29 is 19.1 Å². The van der Waals surface area contributed by atoms with E-state index in [1.54, 1.807) is 19.9 Å². The molecule has 0 saturated heterocycles. The third kappa shape index (κ3) is 4.57. The molecule has 128 valence electrons. The molecule has 0 aromatic carbocycles. The highest BCUT2D eigenvalue weighted by atomic mass is 16.6. The van der Waals surface area contributed by atoms with Crippen LogP contribution in [0.4, 0.5) is 0 Å². The summed E-state index contributed by atoms with van der Waals surface area (Å²) in [6.07, 6.45) is 9.97. The van der Waals surface area contributed by atoms with Crippen LogP contribution in [0.15, 0.2) is 37.5 Å². The Hall–Kier alpha value is -1.84. The van der Waals surface area contributed by atoms with Gasteiger partial charge < -0.3 is 9.47 Å². The molecule has 0 spiro atoms. The molecule has 0 aromatic rings. The molecule has 0 amide bonds. The van der Waals surface area contributed by atoms with Crippen LogP contribution in [0.3, 0.4) is 0 Å². The molecular formula is C19H28O4. The summed E-state index contributed by atoms with van der Waals surface area (Å²) in [5, 5.41) is 0. The Morgan fingerprint density at radius 1 is 1.17 bits per heavy atom. The van der Waals surface area contributed by atoms with Crippen LogP contribution in [0.5, 0.6) is 0 Å². The Bertz CT molecular complexity index is 446. The van der Waals surface area contributed by atoms with E-state index in [9.17, 15) is 9.59 Å². The zero-order valence-electron chi connectivity index (χ0n) is 14.3. The number of rotatable bonds is 8. The van der Waals surface area contributed by atoms with Crippen molar-refractivity contribution in [2.75, 3.05) is 13.2 Å². The quantitative estimate of drug-likeness (QED) is 0.295. The number of carbonyl (C=O) groups is 2. The fourth-order valence-electron chi connectivity index (χ4n) is 3.26. The molecule has 1 fully saturated rings. The van der Waals surface area contributed by atoms with Crippen LogP contribution in [0.2, 0.25) is 0 Å². The molecule has 0 radical (unpaired) electrons. The van der Waals surface area contributed by atoms with Crippen LogP contribution in [0.1, 0.15) is 39.5 Å². The standard InChI is InChI=1S/C19H28O4/c1-5-9-11-16-14-19(17(20)22-7-3,18(21)23-8-4)13-12-15(16)10-6-2/h5-6,9,11,15-16H,1-2,7-8,10,12-14H2,3-4H3/b11-9+/t15-,16-/m1/s1. The van der Waals surface area contributed by atoms with E-state index in [2.05, 4.69) is 13.2 Å².